The summed E-state index contributed by atoms with van der Waals surface area (Å²) < 4.78 is 18.0. The fourth-order valence-electron chi connectivity index (χ4n) is 1.91. The smallest absolute Gasteiger partial charge is 0.234 e. The van der Waals surface area contributed by atoms with Crippen LogP contribution in [0.25, 0.3) is 0 Å². The fourth-order valence-corrected chi connectivity index (χ4v) is 2.70. The third-order valence-corrected chi connectivity index (χ3v) is 3.95. The van der Waals surface area contributed by atoms with E-state index in [9.17, 15) is 9.18 Å². The molecule has 0 aromatic heterocycles. The lowest BCUT2D eigenvalue weighted by Gasteiger charge is -2.26. The monoisotopic (exact) mass is 298 g/mol. The van der Waals surface area contributed by atoms with Crippen LogP contribution in [0.5, 0.6) is 0 Å². The van der Waals surface area contributed by atoms with Gasteiger partial charge in [-0.25, -0.2) is 4.39 Å². The first-order valence-corrected chi connectivity index (χ1v) is 7.83. The number of hydrogen-bond donors (Lipinski definition) is 1. The summed E-state index contributed by atoms with van der Waals surface area (Å²) in [6.07, 6.45) is 0. The number of carbonyl (C=O) groups excluding carboxylic acids is 1. The second-order valence-corrected chi connectivity index (χ2v) is 5.67. The Kier molecular flexibility index (Phi) is 6.29. The maximum atomic E-state index is 12.7. The number of thioether (sulfide) groups is 1. The van der Waals surface area contributed by atoms with Gasteiger partial charge in [-0.15, -0.1) is 0 Å². The number of hydrogen-bond acceptors (Lipinski definition) is 4. The molecule has 0 radical (unpaired) electrons. The van der Waals surface area contributed by atoms with Gasteiger partial charge in [0.25, 0.3) is 0 Å². The van der Waals surface area contributed by atoms with Crippen LogP contribution in [0.1, 0.15) is 0 Å². The second-order valence-electron chi connectivity index (χ2n) is 4.56. The summed E-state index contributed by atoms with van der Waals surface area (Å²) in [5.41, 5.74) is 0.630. The topological polar surface area (TPSA) is 41.6 Å². The Morgan fingerprint density at radius 2 is 2.00 bits per heavy atom. The lowest BCUT2D eigenvalue weighted by molar-refractivity contribution is -0.113. The lowest BCUT2D eigenvalue weighted by Crippen LogP contribution is -2.37. The van der Waals surface area contributed by atoms with Crippen molar-refractivity contribution < 1.29 is 13.9 Å². The van der Waals surface area contributed by atoms with Crippen LogP contribution in [0.2, 0.25) is 0 Å². The number of carbonyl (C=O) groups is 1. The highest BCUT2D eigenvalue weighted by atomic mass is 32.2. The van der Waals surface area contributed by atoms with Crippen LogP contribution in [0, 0.1) is 5.82 Å². The zero-order chi connectivity index (χ0) is 14.2. The summed E-state index contributed by atoms with van der Waals surface area (Å²) in [4.78, 5) is 14.0. The third-order valence-electron chi connectivity index (χ3n) is 3.02. The number of amides is 1. The molecule has 0 aliphatic carbocycles. The van der Waals surface area contributed by atoms with Gasteiger partial charge in [0.05, 0.1) is 19.0 Å². The van der Waals surface area contributed by atoms with Crippen molar-refractivity contribution in [3.05, 3.63) is 30.1 Å². The van der Waals surface area contributed by atoms with Gasteiger partial charge in [0.1, 0.15) is 5.82 Å². The molecule has 0 spiro atoms. The molecule has 0 unspecified atom stereocenters. The van der Waals surface area contributed by atoms with E-state index in [-0.39, 0.29) is 11.7 Å². The molecule has 1 amide bonds. The van der Waals surface area contributed by atoms with E-state index >= 15 is 0 Å². The Labute approximate surface area is 122 Å². The van der Waals surface area contributed by atoms with Gasteiger partial charge in [-0.1, -0.05) is 0 Å². The maximum Gasteiger partial charge on any atom is 0.234 e. The largest absolute Gasteiger partial charge is 0.379 e. The minimum absolute atomic E-state index is 0.0522. The number of nitrogens with one attached hydrogen (secondary N) is 1. The van der Waals surface area contributed by atoms with Crippen LogP contribution in [0.3, 0.4) is 0 Å². The van der Waals surface area contributed by atoms with Crippen LogP contribution in [-0.4, -0.2) is 55.2 Å². The Hall–Kier alpha value is -1.11. The van der Waals surface area contributed by atoms with Crippen molar-refractivity contribution in [3.8, 4) is 0 Å². The number of benzene rings is 1. The highest BCUT2D eigenvalue weighted by molar-refractivity contribution is 7.99. The summed E-state index contributed by atoms with van der Waals surface area (Å²) in [6.45, 7) is 4.54. The van der Waals surface area contributed by atoms with Gasteiger partial charge in [0, 0.05) is 31.1 Å². The fraction of sp³-hybridized carbons (Fsp3) is 0.500. The molecule has 0 bridgehead atoms. The zero-order valence-corrected chi connectivity index (χ0v) is 12.1. The van der Waals surface area contributed by atoms with Gasteiger partial charge in [-0.2, -0.15) is 11.8 Å². The third kappa shape index (κ3) is 5.48. The number of halogens is 1. The van der Waals surface area contributed by atoms with Gasteiger partial charge in [0.2, 0.25) is 5.91 Å². The molecule has 1 aliphatic rings. The number of anilines is 1. The second kappa shape index (κ2) is 8.24. The summed E-state index contributed by atoms with van der Waals surface area (Å²) in [5, 5.41) is 2.75. The molecule has 2 rings (SSSR count). The predicted molar refractivity (Wildman–Crippen MR) is 79.6 cm³/mol. The average Bonchev–Trinajstić information content (AvgIpc) is 2.47. The van der Waals surface area contributed by atoms with Gasteiger partial charge >= 0.3 is 0 Å². The predicted octanol–water partition coefficient (Wildman–Crippen LogP) is 1.83. The van der Waals surface area contributed by atoms with Crippen LogP contribution < -0.4 is 5.32 Å². The van der Waals surface area contributed by atoms with E-state index in [1.807, 2.05) is 0 Å². The van der Waals surface area contributed by atoms with E-state index in [2.05, 4.69) is 10.2 Å². The van der Waals surface area contributed by atoms with Crippen LogP contribution in [-0.2, 0) is 9.53 Å². The van der Waals surface area contributed by atoms with E-state index in [4.69, 9.17) is 4.74 Å². The Balaban J connectivity index is 1.59. The normalized spacial score (nSPS) is 16.1. The quantitative estimate of drug-likeness (QED) is 0.814. The molecular weight excluding hydrogens is 279 g/mol. The van der Waals surface area contributed by atoms with E-state index in [0.717, 1.165) is 38.6 Å². The van der Waals surface area contributed by atoms with Gasteiger partial charge in [-0.3, -0.25) is 9.69 Å². The average molecular weight is 298 g/mol. The lowest BCUT2D eigenvalue weighted by atomic mass is 10.3. The summed E-state index contributed by atoms with van der Waals surface area (Å²) in [7, 11) is 0. The Bertz CT molecular complexity index is 422. The summed E-state index contributed by atoms with van der Waals surface area (Å²) in [6, 6.07) is 5.79. The van der Waals surface area contributed by atoms with E-state index in [1.165, 1.54) is 12.1 Å². The highest BCUT2D eigenvalue weighted by Crippen LogP contribution is 2.09. The first-order chi connectivity index (χ1) is 9.74. The molecule has 0 atom stereocenters. The van der Waals surface area contributed by atoms with Crippen molar-refractivity contribution in [1.29, 1.82) is 0 Å². The summed E-state index contributed by atoms with van der Waals surface area (Å²) in [5.74, 6) is 0.991. The Morgan fingerprint density at radius 3 is 2.70 bits per heavy atom. The van der Waals surface area contributed by atoms with Crippen LogP contribution in [0.4, 0.5) is 10.1 Å². The molecule has 20 heavy (non-hydrogen) atoms. The van der Waals surface area contributed by atoms with Crippen molar-refractivity contribution in [1.82, 2.24) is 4.90 Å². The summed E-state index contributed by atoms with van der Waals surface area (Å²) >= 11 is 1.61. The molecule has 1 aromatic rings. The van der Waals surface area contributed by atoms with Crippen molar-refractivity contribution >= 4 is 23.4 Å². The van der Waals surface area contributed by atoms with E-state index in [0.29, 0.717) is 11.4 Å². The number of rotatable bonds is 6. The molecule has 1 fully saturated rings. The number of nitrogens with zero attached hydrogens (tertiary/aromatic N) is 1. The van der Waals surface area contributed by atoms with Crippen molar-refractivity contribution in [2.24, 2.45) is 0 Å². The van der Waals surface area contributed by atoms with Gasteiger partial charge < -0.3 is 10.1 Å². The Morgan fingerprint density at radius 1 is 1.30 bits per heavy atom. The molecule has 6 heteroatoms. The molecule has 1 saturated heterocycles. The molecule has 110 valence electrons. The van der Waals surface area contributed by atoms with E-state index < -0.39 is 0 Å². The SMILES string of the molecule is O=C(CSCCN1CCOCC1)Nc1ccc(F)cc1. The number of morpholine rings is 1. The molecule has 1 aliphatic heterocycles. The molecular formula is C14H19FN2O2S. The zero-order valence-electron chi connectivity index (χ0n) is 11.3. The van der Waals surface area contributed by atoms with Crippen molar-refractivity contribution in [3.63, 3.8) is 0 Å². The van der Waals surface area contributed by atoms with Gasteiger partial charge in [-0.05, 0) is 24.3 Å². The van der Waals surface area contributed by atoms with Crippen LogP contribution in [0.15, 0.2) is 24.3 Å². The standard InChI is InChI=1S/C14H19FN2O2S/c15-12-1-3-13(4-2-12)16-14(18)11-20-10-7-17-5-8-19-9-6-17/h1-4H,5-11H2,(H,16,18). The van der Waals surface area contributed by atoms with Crippen molar-refractivity contribution in [2.45, 2.75) is 0 Å². The molecule has 1 aromatic carbocycles. The molecule has 1 heterocycles. The first kappa shape index (κ1) is 15.3. The minimum atomic E-state index is -0.303. The molecule has 0 saturated carbocycles. The minimum Gasteiger partial charge on any atom is -0.379 e. The van der Waals surface area contributed by atoms with Gasteiger partial charge in [0.15, 0.2) is 0 Å². The number of ether oxygens (including phenoxy) is 1. The maximum absolute atomic E-state index is 12.7. The first-order valence-electron chi connectivity index (χ1n) is 6.67. The highest BCUT2D eigenvalue weighted by Gasteiger charge is 2.10. The molecule has 4 nitrogen and oxygen atoms in total. The van der Waals surface area contributed by atoms with Crippen molar-refractivity contribution in [2.75, 3.05) is 49.7 Å². The molecule has 1 N–H and O–H groups in total. The van der Waals surface area contributed by atoms with E-state index in [1.54, 1.807) is 23.9 Å². The van der Waals surface area contributed by atoms with Crippen LogP contribution >= 0.6 is 11.8 Å².